The van der Waals surface area contributed by atoms with Crippen LogP contribution >= 0.6 is 0 Å². The predicted molar refractivity (Wildman–Crippen MR) is 86.1 cm³/mol. The van der Waals surface area contributed by atoms with Crippen LogP contribution in [0, 0.1) is 12.7 Å². The topological polar surface area (TPSA) is 58.2 Å². The molecule has 2 aromatic rings. The van der Waals surface area contributed by atoms with Gasteiger partial charge in [0.25, 0.3) is 0 Å². The smallest absolute Gasteiger partial charge is 0.239 e. The highest BCUT2D eigenvalue weighted by Crippen LogP contribution is 2.06. The molecule has 0 saturated heterocycles. The maximum atomic E-state index is 13.0. The summed E-state index contributed by atoms with van der Waals surface area (Å²) in [6.07, 6.45) is 0.0445. The lowest BCUT2D eigenvalue weighted by atomic mass is 10.1. The van der Waals surface area contributed by atoms with Gasteiger partial charge in [0.1, 0.15) is 5.82 Å². The second-order valence-corrected chi connectivity index (χ2v) is 5.29. The molecule has 2 amide bonds. The first-order chi connectivity index (χ1) is 11.0. The number of rotatable bonds is 6. The van der Waals surface area contributed by atoms with E-state index >= 15 is 0 Å². The molecule has 23 heavy (non-hydrogen) atoms. The molecule has 0 bridgehead atoms. The fourth-order valence-electron chi connectivity index (χ4n) is 2.14. The lowest BCUT2D eigenvalue weighted by molar-refractivity contribution is -0.125. The van der Waals surface area contributed by atoms with Crippen molar-refractivity contribution in [2.24, 2.45) is 0 Å². The number of carbonyl (C=O) groups is 2. The maximum Gasteiger partial charge on any atom is 0.239 e. The van der Waals surface area contributed by atoms with Gasteiger partial charge < -0.3 is 10.6 Å². The summed E-state index contributed by atoms with van der Waals surface area (Å²) in [7, 11) is 0. The van der Waals surface area contributed by atoms with Crippen molar-refractivity contribution < 1.29 is 14.0 Å². The highest BCUT2D eigenvalue weighted by molar-refractivity contribution is 5.85. The molecular weight excluding hydrogens is 295 g/mol. The molecule has 0 unspecified atom stereocenters. The van der Waals surface area contributed by atoms with E-state index in [1.165, 1.54) is 12.1 Å². The SMILES string of the molecule is Cc1ccccc1CNC(=O)CNC(=O)Cc1cccc(F)c1. The van der Waals surface area contributed by atoms with Gasteiger partial charge in [-0.05, 0) is 35.7 Å². The number of hydrogen-bond donors (Lipinski definition) is 2. The largest absolute Gasteiger partial charge is 0.350 e. The summed E-state index contributed by atoms with van der Waals surface area (Å²) in [6, 6.07) is 13.6. The van der Waals surface area contributed by atoms with Crippen LogP contribution in [0.4, 0.5) is 4.39 Å². The van der Waals surface area contributed by atoms with Crippen molar-refractivity contribution >= 4 is 11.8 Å². The van der Waals surface area contributed by atoms with Crippen LogP contribution in [-0.4, -0.2) is 18.4 Å². The Morgan fingerprint density at radius 1 is 1.00 bits per heavy atom. The molecule has 5 heteroatoms. The van der Waals surface area contributed by atoms with E-state index in [2.05, 4.69) is 10.6 Å². The van der Waals surface area contributed by atoms with Gasteiger partial charge in [0, 0.05) is 6.54 Å². The summed E-state index contributed by atoms with van der Waals surface area (Å²) < 4.78 is 13.0. The minimum Gasteiger partial charge on any atom is -0.350 e. The summed E-state index contributed by atoms with van der Waals surface area (Å²) in [5, 5.41) is 5.28. The lowest BCUT2D eigenvalue weighted by Gasteiger charge is -2.09. The third-order valence-electron chi connectivity index (χ3n) is 3.44. The number of halogens is 1. The zero-order valence-electron chi connectivity index (χ0n) is 12.9. The van der Waals surface area contributed by atoms with Crippen LogP contribution in [0.15, 0.2) is 48.5 Å². The van der Waals surface area contributed by atoms with Gasteiger partial charge in [-0.1, -0.05) is 36.4 Å². The van der Waals surface area contributed by atoms with Crippen molar-refractivity contribution in [2.45, 2.75) is 19.9 Å². The van der Waals surface area contributed by atoms with Crippen molar-refractivity contribution in [1.82, 2.24) is 10.6 Å². The van der Waals surface area contributed by atoms with E-state index in [1.54, 1.807) is 12.1 Å². The molecular formula is C18H19FN2O2. The molecule has 0 saturated carbocycles. The highest BCUT2D eigenvalue weighted by atomic mass is 19.1. The average molecular weight is 314 g/mol. The van der Waals surface area contributed by atoms with E-state index in [-0.39, 0.29) is 30.6 Å². The Balaban J connectivity index is 1.74. The summed E-state index contributed by atoms with van der Waals surface area (Å²) in [5.74, 6) is -0.964. The van der Waals surface area contributed by atoms with Crippen LogP contribution in [0.3, 0.4) is 0 Å². The van der Waals surface area contributed by atoms with Crippen molar-refractivity contribution in [2.75, 3.05) is 6.54 Å². The molecule has 120 valence electrons. The summed E-state index contributed by atoms with van der Waals surface area (Å²) >= 11 is 0. The second-order valence-electron chi connectivity index (χ2n) is 5.29. The monoisotopic (exact) mass is 314 g/mol. The van der Waals surface area contributed by atoms with E-state index in [0.717, 1.165) is 11.1 Å². The highest BCUT2D eigenvalue weighted by Gasteiger charge is 2.07. The molecule has 2 aromatic carbocycles. The molecule has 0 heterocycles. The van der Waals surface area contributed by atoms with Crippen molar-refractivity contribution in [3.05, 3.63) is 71.0 Å². The number of nitrogens with one attached hydrogen (secondary N) is 2. The maximum absolute atomic E-state index is 13.0. The van der Waals surface area contributed by atoms with E-state index in [9.17, 15) is 14.0 Å². The Labute approximate surface area is 134 Å². The standard InChI is InChI=1S/C18H19FN2O2/c1-13-5-2-3-7-15(13)11-20-18(23)12-21-17(22)10-14-6-4-8-16(19)9-14/h2-9H,10-12H2,1H3,(H,20,23)(H,21,22). The molecule has 2 N–H and O–H groups in total. The van der Waals surface area contributed by atoms with Crippen LogP contribution in [0.1, 0.15) is 16.7 Å². The van der Waals surface area contributed by atoms with Crippen molar-refractivity contribution in [3.8, 4) is 0 Å². The Hall–Kier alpha value is -2.69. The summed E-state index contributed by atoms with van der Waals surface area (Å²) in [6.45, 7) is 2.30. The molecule has 0 aliphatic heterocycles. The first-order valence-corrected chi connectivity index (χ1v) is 7.37. The van der Waals surface area contributed by atoms with Crippen LogP contribution in [-0.2, 0) is 22.6 Å². The molecule has 0 aliphatic rings. The third-order valence-corrected chi connectivity index (χ3v) is 3.44. The van der Waals surface area contributed by atoms with E-state index in [4.69, 9.17) is 0 Å². The van der Waals surface area contributed by atoms with E-state index in [1.807, 2.05) is 31.2 Å². The van der Waals surface area contributed by atoms with Crippen LogP contribution in [0.5, 0.6) is 0 Å². The predicted octanol–water partition coefficient (Wildman–Crippen LogP) is 2.11. The molecule has 0 spiro atoms. The van der Waals surface area contributed by atoms with Gasteiger partial charge in [0.15, 0.2) is 0 Å². The van der Waals surface area contributed by atoms with Gasteiger partial charge in [-0.2, -0.15) is 0 Å². The first kappa shape index (κ1) is 16.7. The fourth-order valence-corrected chi connectivity index (χ4v) is 2.14. The Morgan fingerprint density at radius 2 is 1.78 bits per heavy atom. The fraction of sp³-hybridized carbons (Fsp3) is 0.222. The summed E-state index contributed by atoms with van der Waals surface area (Å²) in [4.78, 5) is 23.5. The van der Waals surface area contributed by atoms with E-state index < -0.39 is 0 Å². The van der Waals surface area contributed by atoms with Crippen molar-refractivity contribution in [1.29, 1.82) is 0 Å². The molecule has 4 nitrogen and oxygen atoms in total. The number of benzene rings is 2. The second kappa shape index (κ2) is 8.08. The molecule has 0 radical (unpaired) electrons. The molecule has 2 rings (SSSR count). The van der Waals surface area contributed by atoms with Gasteiger partial charge in [-0.25, -0.2) is 4.39 Å². The third kappa shape index (κ3) is 5.54. The van der Waals surface area contributed by atoms with Gasteiger partial charge in [0.2, 0.25) is 11.8 Å². The van der Waals surface area contributed by atoms with Gasteiger partial charge in [-0.3, -0.25) is 9.59 Å². The lowest BCUT2D eigenvalue weighted by Crippen LogP contribution is -2.37. The van der Waals surface area contributed by atoms with Crippen LogP contribution in [0.2, 0.25) is 0 Å². The first-order valence-electron chi connectivity index (χ1n) is 7.37. The van der Waals surface area contributed by atoms with Crippen molar-refractivity contribution in [3.63, 3.8) is 0 Å². The Kier molecular flexibility index (Phi) is 5.86. The average Bonchev–Trinajstić information content (AvgIpc) is 2.52. The minimum atomic E-state index is -0.383. The number of aryl methyl sites for hydroxylation is 1. The minimum absolute atomic E-state index is 0.0445. The number of carbonyl (C=O) groups excluding carboxylic acids is 2. The quantitative estimate of drug-likeness (QED) is 0.858. The number of amides is 2. The van der Waals surface area contributed by atoms with E-state index in [0.29, 0.717) is 12.1 Å². The van der Waals surface area contributed by atoms with Crippen LogP contribution in [0.25, 0.3) is 0 Å². The summed E-state index contributed by atoms with van der Waals surface area (Å²) in [5.41, 5.74) is 2.71. The zero-order chi connectivity index (χ0) is 16.7. The molecule has 0 aliphatic carbocycles. The van der Waals surface area contributed by atoms with Gasteiger partial charge in [-0.15, -0.1) is 0 Å². The Morgan fingerprint density at radius 3 is 2.52 bits per heavy atom. The normalized spacial score (nSPS) is 10.2. The molecule has 0 atom stereocenters. The molecule has 0 fully saturated rings. The zero-order valence-corrected chi connectivity index (χ0v) is 12.9. The van der Waals surface area contributed by atoms with Crippen LogP contribution < -0.4 is 10.6 Å². The van der Waals surface area contributed by atoms with Gasteiger partial charge >= 0.3 is 0 Å². The molecule has 0 aromatic heterocycles. The number of hydrogen-bond acceptors (Lipinski definition) is 2. The Bertz CT molecular complexity index is 701. The van der Waals surface area contributed by atoms with Gasteiger partial charge in [0.05, 0.1) is 13.0 Å².